The highest BCUT2D eigenvalue weighted by Crippen LogP contribution is 2.17. The number of hydrazone groups is 1. The average molecular weight is 237 g/mol. The molecule has 1 heterocycles. The van der Waals surface area contributed by atoms with Crippen LogP contribution < -0.4 is 10.7 Å². The second-order valence-corrected chi connectivity index (χ2v) is 2.62. The molecule has 0 saturated carbocycles. The molecule has 1 aromatic heterocycles. The Kier molecular flexibility index (Phi) is 3.71. The van der Waals surface area contributed by atoms with Crippen LogP contribution >= 0.6 is 0 Å². The predicted molar refractivity (Wildman–Crippen MR) is 56.0 cm³/mol. The molecule has 0 fully saturated rings. The third-order valence-electron chi connectivity index (χ3n) is 1.62. The highest BCUT2D eigenvalue weighted by atomic mass is 16.6. The molecule has 0 unspecified atom stereocenters. The van der Waals surface area contributed by atoms with Gasteiger partial charge in [-0.25, -0.2) is 4.98 Å². The Labute approximate surface area is 94.5 Å². The number of rotatable bonds is 4. The molecule has 10 nitrogen and oxygen atoms in total. The minimum Gasteiger partial charge on any atom is -0.358 e. The van der Waals surface area contributed by atoms with Crippen molar-refractivity contribution < 1.29 is 9.72 Å². The molecular formula is C7H7N7O3. The van der Waals surface area contributed by atoms with Crippen LogP contribution in [0.2, 0.25) is 0 Å². The number of H-pyrrole nitrogens is 1. The van der Waals surface area contributed by atoms with E-state index in [1.807, 2.05) is 0 Å². The van der Waals surface area contributed by atoms with Gasteiger partial charge in [-0.1, -0.05) is 0 Å². The van der Waals surface area contributed by atoms with Crippen molar-refractivity contribution in [3.8, 4) is 6.07 Å². The molecule has 0 spiro atoms. The molecule has 0 bridgehead atoms. The van der Waals surface area contributed by atoms with E-state index in [9.17, 15) is 14.9 Å². The zero-order valence-electron chi connectivity index (χ0n) is 8.59. The van der Waals surface area contributed by atoms with Gasteiger partial charge in [0.2, 0.25) is 11.5 Å². The van der Waals surface area contributed by atoms with Crippen molar-refractivity contribution in [3.05, 3.63) is 16.4 Å². The van der Waals surface area contributed by atoms with Crippen LogP contribution in [0.15, 0.2) is 11.4 Å². The lowest BCUT2D eigenvalue weighted by molar-refractivity contribution is -0.388. The minimum absolute atomic E-state index is 0.188. The lowest BCUT2D eigenvalue weighted by Gasteiger charge is -1.98. The monoisotopic (exact) mass is 237 g/mol. The van der Waals surface area contributed by atoms with E-state index in [2.05, 4.69) is 25.8 Å². The fraction of sp³-hybridized carbons (Fsp3) is 0.143. The number of imidazole rings is 1. The standard InChI is InChI=1S/C7H7N7O3/c1-9-7(15)4(2-8)12-13-5-6(14(16)17)11-3-10-5/h3,13H,1H3,(H,9,15)(H,10,11)/b12-4-. The van der Waals surface area contributed by atoms with Gasteiger partial charge in [0.1, 0.15) is 6.07 Å². The fourth-order valence-electron chi connectivity index (χ4n) is 0.862. The second kappa shape index (κ2) is 5.21. The Hall–Kier alpha value is -2.96. The molecule has 0 aliphatic carbocycles. The number of nitrogens with one attached hydrogen (secondary N) is 3. The van der Waals surface area contributed by atoms with Crippen molar-refractivity contribution in [1.29, 1.82) is 5.26 Å². The smallest absolute Gasteiger partial charge is 0.358 e. The van der Waals surface area contributed by atoms with E-state index in [1.165, 1.54) is 13.1 Å². The Balaban J connectivity index is 2.89. The molecule has 1 rings (SSSR count). The van der Waals surface area contributed by atoms with Crippen LogP contribution in [0.1, 0.15) is 0 Å². The zero-order valence-corrected chi connectivity index (χ0v) is 8.59. The normalized spacial score (nSPS) is 10.5. The Bertz CT molecular complexity index is 512. The molecule has 0 saturated heterocycles. The van der Waals surface area contributed by atoms with Crippen molar-refractivity contribution in [3.63, 3.8) is 0 Å². The first-order valence-corrected chi connectivity index (χ1v) is 4.23. The van der Waals surface area contributed by atoms with Crippen molar-refractivity contribution in [2.75, 3.05) is 12.5 Å². The van der Waals surface area contributed by atoms with Crippen LogP contribution in [0.3, 0.4) is 0 Å². The number of amides is 1. The summed E-state index contributed by atoms with van der Waals surface area (Å²) in [6.45, 7) is 0. The molecule has 0 aromatic carbocycles. The molecule has 0 aliphatic heterocycles. The third kappa shape index (κ3) is 2.75. The molecule has 1 aromatic rings. The van der Waals surface area contributed by atoms with E-state index in [4.69, 9.17) is 5.26 Å². The number of nitrogens with zero attached hydrogens (tertiary/aromatic N) is 4. The molecule has 0 radical (unpaired) electrons. The average Bonchev–Trinajstić information content (AvgIpc) is 2.77. The largest absolute Gasteiger partial charge is 0.366 e. The number of aromatic nitrogens is 2. The van der Waals surface area contributed by atoms with Crippen molar-refractivity contribution in [1.82, 2.24) is 15.3 Å². The lowest BCUT2D eigenvalue weighted by atomic mass is 10.4. The highest BCUT2D eigenvalue weighted by Gasteiger charge is 2.15. The molecule has 0 aliphatic rings. The SMILES string of the molecule is CNC(=O)/C(C#N)=N\Nc1nc[nH]c1[N+](=O)[O-]. The van der Waals surface area contributed by atoms with E-state index in [-0.39, 0.29) is 5.82 Å². The maximum absolute atomic E-state index is 11.1. The number of anilines is 1. The molecule has 10 heteroatoms. The Morgan fingerprint density at radius 3 is 3.00 bits per heavy atom. The fourth-order valence-corrected chi connectivity index (χ4v) is 0.862. The van der Waals surface area contributed by atoms with Gasteiger partial charge >= 0.3 is 5.82 Å². The van der Waals surface area contributed by atoms with Gasteiger partial charge in [-0.3, -0.25) is 10.2 Å². The van der Waals surface area contributed by atoms with Gasteiger partial charge in [-0.2, -0.15) is 15.3 Å². The number of carbonyl (C=O) groups excluding carboxylic acids is 1. The van der Waals surface area contributed by atoms with Crippen LogP contribution in [0.4, 0.5) is 11.6 Å². The molecule has 0 atom stereocenters. The zero-order chi connectivity index (χ0) is 12.8. The molecular weight excluding hydrogens is 230 g/mol. The number of hydrogen-bond donors (Lipinski definition) is 3. The van der Waals surface area contributed by atoms with Crippen LogP contribution in [0, 0.1) is 21.4 Å². The summed E-state index contributed by atoms with van der Waals surface area (Å²) in [7, 11) is 1.33. The van der Waals surface area contributed by atoms with Crippen LogP contribution in [-0.2, 0) is 4.79 Å². The molecule has 88 valence electrons. The summed E-state index contributed by atoms with van der Waals surface area (Å²) in [5.41, 5.74) is 1.69. The topological polar surface area (TPSA) is 149 Å². The summed E-state index contributed by atoms with van der Waals surface area (Å²) in [4.78, 5) is 26.7. The predicted octanol–water partition coefficient (Wildman–Crippen LogP) is -0.645. The molecule has 1 amide bonds. The summed E-state index contributed by atoms with van der Waals surface area (Å²) in [6.07, 6.45) is 1.09. The Morgan fingerprint density at radius 1 is 1.76 bits per heavy atom. The number of aromatic amines is 1. The van der Waals surface area contributed by atoms with E-state index in [0.29, 0.717) is 0 Å². The van der Waals surface area contributed by atoms with Crippen LogP contribution in [-0.4, -0.2) is 33.6 Å². The maximum Gasteiger partial charge on any atom is 0.366 e. The summed E-state index contributed by atoms with van der Waals surface area (Å²) < 4.78 is 0. The van der Waals surface area contributed by atoms with E-state index < -0.39 is 22.4 Å². The minimum atomic E-state index is -0.712. The first kappa shape index (κ1) is 12.1. The van der Waals surface area contributed by atoms with Gasteiger partial charge in [0.05, 0.1) is 0 Å². The van der Waals surface area contributed by atoms with Crippen LogP contribution in [0.25, 0.3) is 0 Å². The van der Waals surface area contributed by atoms with Gasteiger partial charge in [-0.15, -0.1) is 0 Å². The van der Waals surface area contributed by atoms with Gasteiger partial charge in [0, 0.05) is 7.05 Å². The first-order valence-electron chi connectivity index (χ1n) is 4.23. The van der Waals surface area contributed by atoms with Crippen molar-refractivity contribution in [2.45, 2.75) is 0 Å². The van der Waals surface area contributed by atoms with E-state index in [0.717, 1.165) is 6.33 Å². The molecule has 3 N–H and O–H groups in total. The van der Waals surface area contributed by atoms with Crippen molar-refractivity contribution >= 4 is 23.3 Å². The second-order valence-electron chi connectivity index (χ2n) is 2.62. The van der Waals surface area contributed by atoms with Gasteiger partial charge < -0.3 is 15.4 Å². The summed E-state index contributed by atoms with van der Waals surface area (Å²) in [5, 5.41) is 24.7. The van der Waals surface area contributed by atoms with Gasteiger partial charge in [-0.05, 0) is 4.92 Å². The number of hydrogen-bond acceptors (Lipinski definition) is 7. The van der Waals surface area contributed by atoms with Crippen LogP contribution in [0.5, 0.6) is 0 Å². The number of carbonyl (C=O) groups is 1. The van der Waals surface area contributed by atoms with Gasteiger partial charge in [0.25, 0.3) is 5.91 Å². The lowest BCUT2D eigenvalue weighted by Crippen LogP contribution is -2.27. The van der Waals surface area contributed by atoms with E-state index >= 15 is 0 Å². The third-order valence-corrected chi connectivity index (χ3v) is 1.62. The summed E-state index contributed by atoms with van der Waals surface area (Å²) in [5.74, 6) is -1.31. The maximum atomic E-state index is 11.1. The summed E-state index contributed by atoms with van der Waals surface area (Å²) >= 11 is 0. The summed E-state index contributed by atoms with van der Waals surface area (Å²) in [6, 6.07) is 1.53. The highest BCUT2D eigenvalue weighted by molar-refractivity contribution is 6.45. The van der Waals surface area contributed by atoms with Gasteiger partial charge in [0.15, 0.2) is 6.33 Å². The first-order chi connectivity index (χ1) is 8.10. The van der Waals surface area contributed by atoms with E-state index in [1.54, 1.807) is 0 Å². The quantitative estimate of drug-likeness (QED) is 0.360. The molecule has 17 heavy (non-hydrogen) atoms. The number of nitro groups is 1. The number of nitriles is 1. The Morgan fingerprint density at radius 2 is 2.47 bits per heavy atom. The van der Waals surface area contributed by atoms with Crippen molar-refractivity contribution in [2.24, 2.45) is 5.10 Å².